The number of carboxylic acid groups (broad SMARTS) is 1. The molecule has 1 N–H and O–H groups in total. The third kappa shape index (κ3) is 3.71. The van der Waals surface area contributed by atoms with Gasteiger partial charge >= 0.3 is 5.97 Å². The number of hydrogen-bond donors (Lipinski definition) is 2. The zero-order valence-corrected chi connectivity index (χ0v) is 15.1. The van der Waals surface area contributed by atoms with E-state index in [1.54, 1.807) is 6.92 Å². The van der Waals surface area contributed by atoms with Crippen molar-refractivity contribution in [2.45, 2.75) is 52.1 Å². The molecular formula is C18H25NO3S. The van der Waals surface area contributed by atoms with E-state index in [2.05, 4.69) is 45.5 Å². The third-order valence-electron chi connectivity index (χ3n) is 4.47. The van der Waals surface area contributed by atoms with Crippen LogP contribution in [0.5, 0.6) is 0 Å². The Morgan fingerprint density at radius 1 is 1.35 bits per heavy atom. The van der Waals surface area contributed by atoms with Gasteiger partial charge in [0.1, 0.15) is 6.04 Å². The van der Waals surface area contributed by atoms with Crippen LogP contribution in [0.1, 0.15) is 44.4 Å². The van der Waals surface area contributed by atoms with E-state index < -0.39 is 12.0 Å². The van der Waals surface area contributed by atoms with E-state index in [-0.39, 0.29) is 17.2 Å². The summed E-state index contributed by atoms with van der Waals surface area (Å²) in [6.07, 6.45) is 0.361. The molecule has 1 unspecified atom stereocenters. The fourth-order valence-electron chi connectivity index (χ4n) is 2.86. The zero-order valence-electron chi connectivity index (χ0n) is 14.2. The maximum Gasteiger partial charge on any atom is 0.326 e. The number of benzene rings is 1. The largest absolute Gasteiger partial charge is 0.480 e. The summed E-state index contributed by atoms with van der Waals surface area (Å²) in [5.41, 5.74) is 3.29. The van der Waals surface area contributed by atoms with Crippen molar-refractivity contribution in [1.29, 1.82) is 0 Å². The van der Waals surface area contributed by atoms with Crippen LogP contribution in [0.4, 0.5) is 0 Å². The number of hydrogen-bond acceptors (Lipinski definition) is 3. The predicted octanol–water partition coefficient (Wildman–Crippen LogP) is 2.89. The van der Waals surface area contributed by atoms with Gasteiger partial charge in [-0.05, 0) is 22.1 Å². The Morgan fingerprint density at radius 2 is 2.00 bits per heavy atom. The molecule has 2 atom stereocenters. The van der Waals surface area contributed by atoms with E-state index in [4.69, 9.17) is 0 Å². The first-order valence-corrected chi connectivity index (χ1v) is 8.54. The van der Waals surface area contributed by atoms with Crippen LogP contribution in [-0.2, 0) is 28.0 Å². The number of amides is 1. The Bertz CT molecular complexity index is 621. The van der Waals surface area contributed by atoms with E-state index in [1.165, 1.54) is 10.5 Å². The van der Waals surface area contributed by atoms with E-state index in [1.807, 2.05) is 6.07 Å². The van der Waals surface area contributed by atoms with Crippen LogP contribution >= 0.6 is 12.6 Å². The molecule has 1 amide bonds. The van der Waals surface area contributed by atoms with Gasteiger partial charge in [0.25, 0.3) is 0 Å². The smallest absolute Gasteiger partial charge is 0.326 e. The fraction of sp³-hybridized carbons (Fsp3) is 0.556. The summed E-state index contributed by atoms with van der Waals surface area (Å²) in [5, 5.41) is 9.51. The number of aliphatic carboxylic acids is 1. The van der Waals surface area contributed by atoms with E-state index >= 15 is 0 Å². The number of carbonyl (C=O) groups is 2. The molecule has 2 rings (SSSR count). The van der Waals surface area contributed by atoms with Gasteiger partial charge in [0.2, 0.25) is 5.91 Å². The highest BCUT2D eigenvalue weighted by Crippen LogP contribution is 2.30. The summed E-state index contributed by atoms with van der Waals surface area (Å²) in [6.45, 7) is 8.57. The van der Waals surface area contributed by atoms with Crippen LogP contribution in [-0.4, -0.2) is 33.7 Å². The van der Waals surface area contributed by atoms with Crippen LogP contribution in [0.15, 0.2) is 18.2 Å². The molecule has 0 aliphatic carbocycles. The summed E-state index contributed by atoms with van der Waals surface area (Å²) < 4.78 is 0. The molecule has 5 heteroatoms. The Balaban J connectivity index is 2.40. The standard InChI is InChI=1S/C18H25NO3S/c1-11(10-23)16(20)19-9-13-7-14(18(2,3)4)6-5-12(13)8-15(19)17(21)22/h5-7,11,15,23H,8-10H2,1-4H3,(H,21,22)/t11?,15-/m0/s1. The minimum atomic E-state index is -0.949. The van der Waals surface area contributed by atoms with Crippen LogP contribution in [0, 0.1) is 5.92 Å². The monoisotopic (exact) mass is 335 g/mol. The molecule has 126 valence electrons. The number of nitrogens with zero attached hydrogens (tertiary/aromatic N) is 1. The van der Waals surface area contributed by atoms with Crippen molar-refractivity contribution in [2.75, 3.05) is 5.75 Å². The van der Waals surface area contributed by atoms with Gasteiger partial charge in [0, 0.05) is 24.6 Å². The topological polar surface area (TPSA) is 57.6 Å². The van der Waals surface area contributed by atoms with E-state index in [0.29, 0.717) is 18.7 Å². The number of thiol groups is 1. The lowest BCUT2D eigenvalue weighted by Crippen LogP contribution is -2.50. The van der Waals surface area contributed by atoms with Crippen molar-refractivity contribution in [3.63, 3.8) is 0 Å². The van der Waals surface area contributed by atoms with Gasteiger partial charge in [0.05, 0.1) is 0 Å². The van der Waals surface area contributed by atoms with Gasteiger partial charge in [-0.15, -0.1) is 0 Å². The molecule has 1 aromatic carbocycles. The van der Waals surface area contributed by atoms with Crippen molar-refractivity contribution in [3.8, 4) is 0 Å². The summed E-state index contributed by atoms with van der Waals surface area (Å²) in [7, 11) is 0. The highest BCUT2D eigenvalue weighted by Gasteiger charge is 2.36. The van der Waals surface area contributed by atoms with Crippen molar-refractivity contribution < 1.29 is 14.7 Å². The Kier molecular flexibility index (Phi) is 5.09. The first-order valence-electron chi connectivity index (χ1n) is 7.91. The van der Waals surface area contributed by atoms with Crippen LogP contribution in [0.3, 0.4) is 0 Å². The zero-order chi connectivity index (χ0) is 17.4. The number of fused-ring (bicyclic) bond motifs is 1. The lowest BCUT2D eigenvalue weighted by atomic mass is 9.83. The SMILES string of the molecule is CC(CS)C(=O)N1Cc2cc(C(C)(C)C)ccc2C[C@H]1C(=O)O. The molecular weight excluding hydrogens is 310 g/mol. The van der Waals surface area contributed by atoms with E-state index in [0.717, 1.165) is 11.1 Å². The Morgan fingerprint density at radius 3 is 2.52 bits per heavy atom. The molecule has 0 saturated carbocycles. The van der Waals surface area contributed by atoms with Crippen LogP contribution < -0.4 is 0 Å². The molecule has 0 spiro atoms. The molecule has 1 aromatic rings. The highest BCUT2D eigenvalue weighted by molar-refractivity contribution is 7.80. The highest BCUT2D eigenvalue weighted by atomic mass is 32.1. The molecule has 1 heterocycles. The third-order valence-corrected chi connectivity index (χ3v) is 5.01. The van der Waals surface area contributed by atoms with Crippen molar-refractivity contribution >= 4 is 24.5 Å². The minimum absolute atomic E-state index is 0.0197. The van der Waals surface area contributed by atoms with Gasteiger partial charge in [-0.25, -0.2) is 4.79 Å². The van der Waals surface area contributed by atoms with Crippen molar-refractivity contribution in [2.24, 2.45) is 5.92 Å². The maximum atomic E-state index is 12.5. The molecule has 0 bridgehead atoms. The second-order valence-electron chi connectivity index (χ2n) is 7.34. The first kappa shape index (κ1) is 17.9. The first-order chi connectivity index (χ1) is 10.6. The molecule has 0 aromatic heterocycles. The second-order valence-corrected chi connectivity index (χ2v) is 7.71. The number of rotatable bonds is 3. The summed E-state index contributed by atoms with van der Waals surface area (Å²) in [5.74, 6) is -0.960. The normalized spacial score (nSPS) is 19.2. The van der Waals surface area contributed by atoms with Gasteiger partial charge in [0.15, 0.2) is 0 Å². The van der Waals surface area contributed by atoms with Crippen LogP contribution in [0.2, 0.25) is 0 Å². The van der Waals surface area contributed by atoms with Gasteiger partial charge in [-0.3, -0.25) is 4.79 Å². The molecule has 1 aliphatic rings. The number of carbonyl (C=O) groups excluding carboxylic acids is 1. The van der Waals surface area contributed by atoms with Crippen LogP contribution in [0.25, 0.3) is 0 Å². The quantitative estimate of drug-likeness (QED) is 0.835. The maximum absolute atomic E-state index is 12.5. The molecule has 0 radical (unpaired) electrons. The molecule has 4 nitrogen and oxygen atoms in total. The minimum Gasteiger partial charge on any atom is -0.480 e. The summed E-state index contributed by atoms with van der Waals surface area (Å²) >= 11 is 4.17. The lowest BCUT2D eigenvalue weighted by molar-refractivity contribution is -0.152. The molecule has 0 saturated heterocycles. The average Bonchev–Trinajstić information content (AvgIpc) is 2.50. The second kappa shape index (κ2) is 6.56. The number of carboxylic acids is 1. The van der Waals surface area contributed by atoms with Gasteiger partial charge in [-0.1, -0.05) is 45.9 Å². The summed E-state index contributed by atoms with van der Waals surface area (Å²) in [6, 6.07) is 5.39. The van der Waals surface area contributed by atoms with E-state index in [9.17, 15) is 14.7 Å². The van der Waals surface area contributed by atoms with Crippen molar-refractivity contribution in [3.05, 3.63) is 34.9 Å². The average molecular weight is 335 g/mol. The molecule has 23 heavy (non-hydrogen) atoms. The Labute approximate surface area is 143 Å². The molecule has 0 fully saturated rings. The fourth-order valence-corrected chi connectivity index (χ4v) is 3.02. The molecule has 1 aliphatic heterocycles. The predicted molar refractivity (Wildman–Crippen MR) is 93.8 cm³/mol. The van der Waals surface area contributed by atoms with Gasteiger partial charge in [-0.2, -0.15) is 12.6 Å². The lowest BCUT2D eigenvalue weighted by Gasteiger charge is -2.36. The Hall–Kier alpha value is -1.49. The summed E-state index contributed by atoms with van der Waals surface area (Å²) in [4.78, 5) is 25.7. The van der Waals surface area contributed by atoms with Crippen molar-refractivity contribution in [1.82, 2.24) is 4.90 Å². The van der Waals surface area contributed by atoms with Gasteiger partial charge < -0.3 is 10.0 Å².